The highest BCUT2D eigenvalue weighted by molar-refractivity contribution is 5.81. The molecule has 7 heteroatoms. The van der Waals surface area contributed by atoms with Crippen molar-refractivity contribution in [1.82, 2.24) is 20.0 Å². The summed E-state index contributed by atoms with van der Waals surface area (Å²) in [6.45, 7) is 3.38. The van der Waals surface area contributed by atoms with Gasteiger partial charge >= 0.3 is 12.0 Å². The number of nitrogens with zero attached hydrogens (tertiary/aromatic N) is 3. The van der Waals surface area contributed by atoms with Crippen molar-refractivity contribution in [2.24, 2.45) is 0 Å². The molecule has 0 aromatic carbocycles. The minimum atomic E-state index is -0.451. The number of urea groups is 1. The van der Waals surface area contributed by atoms with Gasteiger partial charge in [0.25, 0.3) is 0 Å². The number of methoxy groups -OCH3 is 1. The van der Waals surface area contributed by atoms with Crippen molar-refractivity contribution in [2.75, 3.05) is 20.2 Å². The van der Waals surface area contributed by atoms with E-state index in [4.69, 9.17) is 0 Å². The van der Waals surface area contributed by atoms with Gasteiger partial charge in [-0.1, -0.05) is 0 Å². The van der Waals surface area contributed by atoms with Gasteiger partial charge in [0.1, 0.15) is 6.54 Å². The molecule has 7 nitrogen and oxygen atoms in total. The van der Waals surface area contributed by atoms with Crippen LogP contribution in [-0.4, -0.2) is 46.9 Å². The molecule has 1 aliphatic heterocycles. The van der Waals surface area contributed by atoms with E-state index in [0.717, 1.165) is 25.1 Å². The number of hydrogen-bond donors (Lipinski definition) is 1. The Balaban J connectivity index is 2.03. The predicted octanol–water partition coefficient (Wildman–Crippen LogP) is 0.922. The molecule has 1 unspecified atom stereocenters. The molecule has 2 amide bonds. The van der Waals surface area contributed by atoms with Crippen LogP contribution in [0.5, 0.6) is 0 Å². The number of rotatable bonds is 4. The van der Waals surface area contributed by atoms with Crippen molar-refractivity contribution in [2.45, 2.75) is 32.4 Å². The van der Waals surface area contributed by atoms with Crippen LogP contribution >= 0.6 is 0 Å². The number of likely N-dealkylation sites (tertiary alicyclic amines) is 1. The fourth-order valence-electron chi connectivity index (χ4n) is 2.53. The Kier molecular flexibility index (Phi) is 4.60. The number of aryl methyl sites for hydroxylation is 1. The lowest BCUT2D eigenvalue weighted by molar-refractivity contribution is -0.139. The molecule has 1 saturated heterocycles. The Morgan fingerprint density at radius 1 is 1.55 bits per heavy atom. The Labute approximate surface area is 117 Å². The van der Waals surface area contributed by atoms with Gasteiger partial charge in [-0.3, -0.25) is 9.48 Å². The maximum atomic E-state index is 12.1. The lowest BCUT2D eigenvalue weighted by atomic mass is 10.1. The topological polar surface area (TPSA) is 76.5 Å². The summed E-state index contributed by atoms with van der Waals surface area (Å²) in [5.41, 5.74) is 1.04. The Morgan fingerprint density at radius 2 is 2.35 bits per heavy atom. The van der Waals surface area contributed by atoms with Gasteiger partial charge in [0.2, 0.25) is 0 Å². The summed E-state index contributed by atoms with van der Waals surface area (Å²) in [5, 5.41) is 6.83. The molecule has 1 aromatic rings. The molecule has 110 valence electrons. The first-order valence-corrected chi connectivity index (χ1v) is 6.80. The van der Waals surface area contributed by atoms with Gasteiger partial charge in [0.15, 0.2) is 0 Å². The lowest BCUT2D eigenvalue weighted by Gasteiger charge is -2.25. The summed E-state index contributed by atoms with van der Waals surface area (Å²) < 4.78 is 6.41. The van der Waals surface area contributed by atoms with E-state index in [0.29, 0.717) is 6.54 Å². The number of carbonyl (C=O) groups excluding carboxylic acids is 2. The highest BCUT2D eigenvalue weighted by Gasteiger charge is 2.32. The molecular weight excluding hydrogens is 260 g/mol. The zero-order valence-electron chi connectivity index (χ0n) is 11.8. The maximum Gasteiger partial charge on any atom is 0.325 e. The molecular formula is C13H20N4O3. The van der Waals surface area contributed by atoms with E-state index in [1.807, 2.05) is 17.7 Å². The summed E-state index contributed by atoms with van der Waals surface area (Å²) >= 11 is 0. The minimum absolute atomic E-state index is 0.0232. The number of nitrogens with one attached hydrogen (secondary N) is 1. The van der Waals surface area contributed by atoms with Crippen LogP contribution in [0.2, 0.25) is 0 Å². The normalized spacial score (nSPS) is 18.1. The Morgan fingerprint density at radius 3 is 3.05 bits per heavy atom. The van der Waals surface area contributed by atoms with Crippen molar-refractivity contribution in [3.63, 3.8) is 0 Å². The van der Waals surface area contributed by atoms with Gasteiger partial charge in [0.05, 0.1) is 18.8 Å². The van der Waals surface area contributed by atoms with Crippen LogP contribution in [-0.2, 0) is 16.1 Å². The molecule has 1 atom stereocenters. The van der Waals surface area contributed by atoms with E-state index >= 15 is 0 Å². The highest BCUT2D eigenvalue weighted by Crippen LogP contribution is 2.31. The molecule has 0 aliphatic carbocycles. The average Bonchev–Trinajstić information content (AvgIpc) is 3.11. The first-order chi connectivity index (χ1) is 9.67. The SMILES string of the molecule is CCn1nccc1C1CCCN1C(=O)NCC(=O)OC. The zero-order valence-corrected chi connectivity index (χ0v) is 11.8. The summed E-state index contributed by atoms with van der Waals surface area (Å²) in [6.07, 6.45) is 3.62. The second-order valence-corrected chi connectivity index (χ2v) is 4.66. The first kappa shape index (κ1) is 14.4. The predicted molar refractivity (Wildman–Crippen MR) is 72.0 cm³/mol. The Bertz CT molecular complexity index is 486. The summed E-state index contributed by atoms with van der Waals surface area (Å²) in [7, 11) is 1.30. The number of ether oxygens (including phenoxy) is 1. The molecule has 1 aliphatic rings. The van der Waals surface area contributed by atoms with Gasteiger partial charge in [-0.25, -0.2) is 4.79 Å². The van der Waals surface area contributed by atoms with Gasteiger partial charge < -0.3 is 15.0 Å². The van der Waals surface area contributed by atoms with Gasteiger partial charge in [-0.05, 0) is 25.8 Å². The summed E-state index contributed by atoms with van der Waals surface area (Å²) in [4.78, 5) is 25.0. The smallest absolute Gasteiger partial charge is 0.325 e. The second kappa shape index (κ2) is 6.40. The highest BCUT2D eigenvalue weighted by atomic mass is 16.5. The third-order valence-corrected chi connectivity index (χ3v) is 3.52. The number of carbonyl (C=O) groups is 2. The average molecular weight is 280 g/mol. The van der Waals surface area contributed by atoms with Gasteiger partial charge in [0, 0.05) is 19.3 Å². The molecule has 1 fully saturated rings. The molecule has 2 rings (SSSR count). The van der Waals surface area contributed by atoms with E-state index in [-0.39, 0.29) is 18.6 Å². The lowest BCUT2D eigenvalue weighted by Crippen LogP contribution is -2.42. The zero-order chi connectivity index (χ0) is 14.5. The number of esters is 1. The molecule has 1 aromatic heterocycles. The van der Waals surface area contributed by atoms with Crippen LogP contribution in [0, 0.1) is 0 Å². The van der Waals surface area contributed by atoms with Crippen molar-refractivity contribution < 1.29 is 14.3 Å². The standard InChI is InChI=1S/C13H20N4O3/c1-3-17-11(6-7-15-17)10-5-4-8-16(10)13(19)14-9-12(18)20-2/h6-7,10H,3-5,8-9H2,1-2H3,(H,14,19). The molecule has 1 N–H and O–H groups in total. The van der Waals surface area contributed by atoms with Crippen LogP contribution in [0.15, 0.2) is 12.3 Å². The number of hydrogen-bond acceptors (Lipinski definition) is 4. The van der Waals surface area contributed by atoms with E-state index in [1.165, 1.54) is 7.11 Å². The summed E-state index contributed by atoms with van der Waals surface area (Å²) in [5.74, 6) is -0.451. The van der Waals surface area contributed by atoms with Crippen LogP contribution < -0.4 is 5.32 Å². The van der Waals surface area contributed by atoms with Gasteiger partial charge in [-0.2, -0.15) is 5.10 Å². The van der Waals surface area contributed by atoms with Crippen LogP contribution in [0.3, 0.4) is 0 Å². The molecule has 2 heterocycles. The largest absolute Gasteiger partial charge is 0.468 e. The molecule has 0 spiro atoms. The second-order valence-electron chi connectivity index (χ2n) is 4.66. The Hall–Kier alpha value is -2.05. The third kappa shape index (κ3) is 2.92. The van der Waals surface area contributed by atoms with Crippen molar-refractivity contribution in [3.8, 4) is 0 Å². The summed E-state index contributed by atoms with van der Waals surface area (Å²) in [6, 6.07) is 1.73. The fourth-order valence-corrected chi connectivity index (χ4v) is 2.53. The molecule has 0 saturated carbocycles. The van der Waals surface area contributed by atoms with Crippen LogP contribution in [0.25, 0.3) is 0 Å². The molecule has 0 radical (unpaired) electrons. The third-order valence-electron chi connectivity index (χ3n) is 3.52. The first-order valence-electron chi connectivity index (χ1n) is 6.80. The van der Waals surface area contributed by atoms with Crippen molar-refractivity contribution in [3.05, 3.63) is 18.0 Å². The van der Waals surface area contributed by atoms with Gasteiger partial charge in [-0.15, -0.1) is 0 Å². The van der Waals surface area contributed by atoms with E-state index in [9.17, 15) is 9.59 Å². The monoisotopic (exact) mass is 280 g/mol. The van der Waals surface area contributed by atoms with Crippen LogP contribution in [0.1, 0.15) is 31.5 Å². The van der Waals surface area contributed by atoms with Crippen LogP contribution in [0.4, 0.5) is 4.79 Å². The number of aromatic nitrogens is 2. The fraction of sp³-hybridized carbons (Fsp3) is 0.615. The maximum absolute atomic E-state index is 12.1. The molecule has 20 heavy (non-hydrogen) atoms. The molecule has 0 bridgehead atoms. The van der Waals surface area contributed by atoms with Crippen molar-refractivity contribution in [1.29, 1.82) is 0 Å². The quantitative estimate of drug-likeness (QED) is 0.832. The van der Waals surface area contributed by atoms with E-state index in [1.54, 1.807) is 11.1 Å². The van der Waals surface area contributed by atoms with Crippen molar-refractivity contribution >= 4 is 12.0 Å². The minimum Gasteiger partial charge on any atom is -0.468 e. The van der Waals surface area contributed by atoms with E-state index in [2.05, 4.69) is 15.2 Å². The van der Waals surface area contributed by atoms with E-state index < -0.39 is 5.97 Å². The number of amides is 2.